The summed E-state index contributed by atoms with van der Waals surface area (Å²) < 4.78 is 5.67. The minimum Gasteiger partial charge on any atom is -0.461 e. The summed E-state index contributed by atoms with van der Waals surface area (Å²) in [5, 5.41) is 0. The number of carbonyl (C=O) groups excluding carboxylic acids is 2. The van der Waals surface area contributed by atoms with Gasteiger partial charge in [-0.15, -0.1) is 0 Å². The van der Waals surface area contributed by atoms with Crippen molar-refractivity contribution in [1.29, 1.82) is 0 Å². The monoisotopic (exact) mass is 367 g/mol. The first-order valence-electron chi connectivity index (χ1n) is 10.1. The zero-order chi connectivity index (χ0) is 19.2. The van der Waals surface area contributed by atoms with Gasteiger partial charge in [-0.3, -0.25) is 9.59 Å². The molecule has 5 rings (SSSR count). The molecule has 4 heteroatoms. The number of benzene rings is 1. The molecule has 27 heavy (non-hydrogen) atoms. The average Bonchev–Trinajstić information content (AvgIpc) is 2.66. The highest BCUT2D eigenvalue weighted by Gasteiger charge is 2.51. The Kier molecular flexibility index (Phi) is 4.61. The summed E-state index contributed by atoms with van der Waals surface area (Å²) >= 11 is 0. The van der Waals surface area contributed by atoms with E-state index in [2.05, 4.69) is 26.0 Å². The highest BCUT2D eigenvalue weighted by molar-refractivity contribution is 5.77. The van der Waals surface area contributed by atoms with E-state index in [0.29, 0.717) is 24.5 Å². The highest BCUT2D eigenvalue weighted by atomic mass is 16.5. The van der Waals surface area contributed by atoms with E-state index in [1.807, 2.05) is 23.1 Å². The number of rotatable bonds is 4. The van der Waals surface area contributed by atoms with Crippen LogP contribution in [-0.2, 0) is 20.7 Å². The van der Waals surface area contributed by atoms with E-state index >= 15 is 0 Å². The molecule has 3 aliphatic carbocycles. The van der Waals surface area contributed by atoms with Crippen LogP contribution < -0.4 is 0 Å². The lowest BCUT2D eigenvalue weighted by Crippen LogP contribution is -2.48. The van der Waals surface area contributed by atoms with Gasteiger partial charge in [0, 0.05) is 13.5 Å². The third kappa shape index (κ3) is 3.19. The van der Waals surface area contributed by atoms with E-state index in [-0.39, 0.29) is 24.3 Å². The van der Waals surface area contributed by atoms with Crippen LogP contribution in [0.25, 0.3) is 0 Å². The Hall–Kier alpha value is -2.10. The molecule has 0 spiro atoms. The summed E-state index contributed by atoms with van der Waals surface area (Å²) in [6, 6.07) is 7.89. The van der Waals surface area contributed by atoms with Crippen LogP contribution in [0.15, 0.2) is 35.9 Å². The lowest BCUT2D eigenvalue weighted by Gasteiger charge is -2.56. The molecule has 1 aliphatic heterocycles. The molecule has 0 saturated heterocycles. The molecule has 144 valence electrons. The van der Waals surface area contributed by atoms with Gasteiger partial charge in [-0.25, -0.2) is 0 Å². The first kappa shape index (κ1) is 18.3. The van der Waals surface area contributed by atoms with Gasteiger partial charge < -0.3 is 9.64 Å². The Morgan fingerprint density at radius 2 is 2.04 bits per heavy atom. The number of hydrogen-bond acceptors (Lipinski definition) is 3. The van der Waals surface area contributed by atoms with Crippen molar-refractivity contribution < 1.29 is 14.3 Å². The molecule has 1 unspecified atom stereocenters. The molecular weight excluding hydrogens is 338 g/mol. The van der Waals surface area contributed by atoms with Gasteiger partial charge in [0.25, 0.3) is 0 Å². The Labute approximate surface area is 161 Å². The zero-order valence-corrected chi connectivity index (χ0v) is 16.5. The van der Waals surface area contributed by atoms with Gasteiger partial charge in [-0.05, 0) is 53.2 Å². The fraction of sp³-hybridized carbons (Fsp3) is 0.565. The van der Waals surface area contributed by atoms with Crippen molar-refractivity contribution in [2.24, 2.45) is 17.3 Å². The van der Waals surface area contributed by atoms with Crippen molar-refractivity contribution in [3.63, 3.8) is 0 Å². The van der Waals surface area contributed by atoms with E-state index in [4.69, 9.17) is 4.74 Å². The van der Waals surface area contributed by atoms with Crippen LogP contribution in [0.3, 0.4) is 0 Å². The van der Waals surface area contributed by atoms with Crippen LogP contribution in [-0.4, -0.2) is 29.9 Å². The van der Waals surface area contributed by atoms with Crippen molar-refractivity contribution in [2.45, 2.75) is 52.5 Å². The van der Waals surface area contributed by atoms with E-state index in [9.17, 15) is 9.59 Å². The largest absolute Gasteiger partial charge is 0.461 e. The minimum absolute atomic E-state index is 0.0135. The van der Waals surface area contributed by atoms with Crippen molar-refractivity contribution in [2.75, 3.05) is 13.2 Å². The summed E-state index contributed by atoms with van der Waals surface area (Å²) in [6.45, 7) is 7.28. The van der Waals surface area contributed by atoms with E-state index in [0.717, 1.165) is 24.3 Å². The maximum Gasteiger partial charge on any atom is 0.308 e. The van der Waals surface area contributed by atoms with Crippen molar-refractivity contribution >= 4 is 11.9 Å². The SMILES string of the molecule is CC(=O)N1CCc2ccccc2C1CC(=O)OCC1=CC[C@H]2C[C@@H]1C2(C)C. The molecule has 1 amide bonds. The number of nitrogens with zero attached hydrogens (tertiary/aromatic N) is 1. The van der Waals surface area contributed by atoms with Crippen LogP contribution in [0.2, 0.25) is 0 Å². The Morgan fingerprint density at radius 1 is 1.26 bits per heavy atom. The maximum atomic E-state index is 12.6. The van der Waals surface area contributed by atoms with E-state index in [1.165, 1.54) is 17.6 Å². The number of hydrogen-bond donors (Lipinski definition) is 0. The molecule has 4 aliphatic rings. The van der Waals surface area contributed by atoms with Crippen LogP contribution in [0, 0.1) is 17.3 Å². The van der Waals surface area contributed by atoms with E-state index < -0.39 is 0 Å². The van der Waals surface area contributed by atoms with Crippen molar-refractivity contribution in [3.05, 3.63) is 47.0 Å². The molecule has 1 fully saturated rings. The molecule has 1 heterocycles. The highest BCUT2D eigenvalue weighted by Crippen LogP contribution is 2.59. The van der Waals surface area contributed by atoms with Crippen molar-refractivity contribution in [1.82, 2.24) is 4.90 Å². The minimum atomic E-state index is -0.219. The van der Waals surface area contributed by atoms with Gasteiger partial charge in [-0.1, -0.05) is 44.2 Å². The Balaban J connectivity index is 1.42. The van der Waals surface area contributed by atoms with Gasteiger partial charge in [0.1, 0.15) is 6.61 Å². The van der Waals surface area contributed by atoms with Crippen LogP contribution in [0.5, 0.6) is 0 Å². The van der Waals surface area contributed by atoms with Crippen LogP contribution in [0.4, 0.5) is 0 Å². The molecule has 3 atom stereocenters. The molecule has 1 saturated carbocycles. The number of fused-ring (bicyclic) bond motifs is 2. The molecule has 1 aromatic rings. The molecule has 0 aromatic heterocycles. The van der Waals surface area contributed by atoms with E-state index in [1.54, 1.807) is 6.92 Å². The van der Waals surface area contributed by atoms with Gasteiger partial charge in [-0.2, -0.15) is 0 Å². The lowest BCUT2D eigenvalue weighted by molar-refractivity contribution is -0.146. The molecule has 4 nitrogen and oxygen atoms in total. The van der Waals surface area contributed by atoms with Crippen LogP contribution in [0.1, 0.15) is 57.2 Å². The van der Waals surface area contributed by atoms with Gasteiger partial charge in [0.05, 0.1) is 12.5 Å². The van der Waals surface area contributed by atoms with Crippen LogP contribution >= 0.6 is 0 Å². The first-order valence-corrected chi connectivity index (χ1v) is 10.1. The quantitative estimate of drug-likeness (QED) is 0.596. The smallest absolute Gasteiger partial charge is 0.308 e. The molecule has 0 N–H and O–H groups in total. The maximum absolute atomic E-state index is 12.6. The summed E-state index contributed by atoms with van der Waals surface area (Å²) in [7, 11) is 0. The number of esters is 1. The Morgan fingerprint density at radius 3 is 2.74 bits per heavy atom. The second-order valence-electron chi connectivity index (χ2n) is 8.86. The summed E-state index contributed by atoms with van der Waals surface area (Å²) in [5.74, 6) is 1.13. The molecule has 2 bridgehead atoms. The fourth-order valence-electron chi connectivity index (χ4n) is 5.27. The standard InChI is InChI=1S/C23H29NO3/c1-15(25)24-11-10-16-6-4-5-7-19(16)21(24)13-22(26)27-14-17-8-9-18-12-20(17)23(18,2)3/h4-8,18,20-21H,9-14H2,1-3H3/t18-,20-,21?/m0/s1. The third-order valence-electron chi connectivity index (χ3n) is 7.16. The van der Waals surface area contributed by atoms with Gasteiger partial charge in [0.15, 0.2) is 0 Å². The molecule has 0 radical (unpaired) electrons. The fourth-order valence-corrected chi connectivity index (χ4v) is 5.27. The van der Waals surface area contributed by atoms with Gasteiger partial charge >= 0.3 is 5.97 Å². The first-order chi connectivity index (χ1) is 12.9. The number of ether oxygens (including phenoxy) is 1. The lowest BCUT2D eigenvalue weighted by atomic mass is 9.49. The summed E-state index contributed by atoms with van der Waals surface area (Å²) in [4.78, 5) is 26.5. The zero-order valence-electron chi connectivity index (χ0n) is 16.5. The summed E-state index contributed by atoms with van der Waals surface area (Å²) in [6.07, 6.45) is 5.66. The number of amides is 1. The predicted octanol–water partition coefficient (Wildman–Crippen LogP) is 4.06. The predicted molar refractivity (Wildman–Crippen MR) is 104 cm³/mol. The van der Waals surface area contributed by atoms with Gasteiger partial charge in [0.2, 0.25) is 5.91 Å². The van der Waals surface area contributed by atoms with Crippen molar-refractivity contribution in [3.8, 4) is 0 Å². The second-order valence-corrected chi connectivity index (χ2v) is 8.86. The normalized spacial score (nSPS) is 27.9. The third-order valence-corrected chi connectivity index (χ3v) is 7.16. The average molecular weight is 367 g/mol. The number of carbonyl (C=O) groups is 2. The number of allylic oxidation sites excluding steroid dienone is 1. The topological polar surface area (TPSA) is 46.6 Å². The molecule has 1 aromatic carbocycles. The summed E-state index contributed by atoms with van der Waals surface area (Å²) in [5.41, 5.74) is 3.92. The Bertz CT molecular complexity index is 795. The molecular formula is C23H29NO3. The second kappa shape index (κ2) is 6.81.